The quantitative estimate of drug-likeness (QED) is 0.572. The van der Waals surface area contributed by atoms with Crippen LogP contribution < -0.4 is 5.73 Å². The molecular weight excluding hydrogens is 156 g/mol. The molecule has 1 fully saturated rings. The van der Waals surface area contributed by atoms with Crippen molar-refractivity contribution in [3.8, 4) is 0 Å². The van der Waals surface area contributed by atoms with Crippen LogP contribution in [0.5, 0.6) is 0 Å². The SMILES string of the molecule is COCCOC1CN(C)CC1N. The number of rotatable bonds is 4. The summed E-state index contributed by atoms with van der Waals surface area (Å²) in [5.74, 6) is 0. The third-order valence-electron chi connectivity index (χ3n) is 2.11. The van der Waals surface area contributed by atoms with E-state index in [0.29, 0.717) is 13.2 Å². The second-order valence-electron chi connectivity index (χ2n) is 3.29. The van der Waals surface area contributed by atoms with Gasteiger partial charge in [0.1, 0.15) is 0 Å². The molecule has 0 amide bonds. The highest BCUT2D eigenvalue weighted by Crippen LogP contribution is 2.09. The van der Waals surface area contributed by atoms with Gasteiger partial charge in [0.05, 0.1) is 19.3 Å². The number of likely N-dealkylation sites (tertiary alicyclic amines) is 1. The Morgan fingerprint density at radius 2 is 2.17 bits per heavy atom. The molecule has 2 atom stereocenters. The summed E-state index contributed by atoms with van der Waals surface area (Å²) < 4.78 is 10.4. The molecule has 4 nitrogen and oxygen atoms in total. The van der Waals surface area contributed by atoms with E-state index in [0.717, 1.165) is 13.1 Å². The highest BCUT2D eigenvalue weighted by atomic mass is 16.5. The normalized spacial score (nSPS) is 31.2. The molecular formula is C8H18N2O2. The van der Waals surface area contributed by atoms with Gasteiger partial charge in [0.2, 0.25) is 0 Å². The van der Waals surface area contributed by atoms with Crippen molar-refractivity contribution in [1.29, 1.82) is 0 Å². The van der Waals surface area contributed by atoms with Crippen molar-refractivity contribution >= 4 is 0 Å². The van der Waals surface area contributed by atoms with Crippen LogP contribution in [0, 0.1) is 0 Å². The fraction of sp³-hybridized carbons (Fsp3) is 1.00. The molecule has 0 radical (unpaired) electrons. The first-order chi connectivity index (χ1) is 5.74. The molecule has 0 aromatic carbocycles. The monoisotopic (exact) mass is 174 g/mol. The summed E-state index contributed by atoms with van der Waals surface area (Å²) in [6.45, 7) is 3.15. The average Bonchev–Trinajstić information content (AvgIpc) is 2.31. The lowest BCUT2D eigenvalue weighted by molar-refractivity contribution is 0.0172. The van der Waals surface area contributed by atoms with Gasteiger partial charge in [-0.1, -0.05) is 0 Å². The molecule has 72 valence electrons. The predicted molar refractivity (Wildman–Crippen MR) is 47.1 cm³/mol. The van der Waals surface area contributed by atoms with Crippen molar-refractivity contribution in [3.05, 3.63) is 0 Å². The maximum atomic E-state index is 5.84. The Labute approximate surface area is 73.6 Å². The number of hydrogen-bond donors (Lipinski definition) is 1. The van der Waals surface area contributed by atoms with E-state index in [1.807, 2.05) is 0 Å². The Balaban J connectivity index is 2.15. The molecule has 0 bridgehead atoms. The van der Waals surface area contributed by atoms with Gasteiger partial charge in [-0.3, -0.25) is 0 Å². The van der Waals surface area contributed by atoms with Crippen LogP contribution >= 0.6 is 0 Å². The van der Waals surface area contributed by atoms with Crippen molar-refractivity contribution in [2.75, 3.05) is 40.5 Å². The molecule has 1 aliphatic rings. The van der Waals surface area contributed by atoms with Gasteiger partial charge in [-0.25, -0.2) is 0 Å². The maximum absolute atomic E-state index is 5.84. The number of nitrogens with zero attached hydrogens (tertiary/aromatic N) is 1. The van der Waals surface area contributed by atoms with Gasteiger partial charge in [-0.2, -0.15) is 0 Å². The molecule has 1 heterocycles. The standard InChI is InChI=1S/C8H18N2O2/c1-10-5-7(9)8(6-10)12-4-3-11-2/h7-8H,3-6,9H2,1-2H3. The van der Waals surface area contributed by atoms with Crippen molar-refractivity contribution in [3.63, 3.8) is 0 Å². The Bertz CT molecular complexity index is 132. The van der Waals surface area contributed by atoms with E-state index in [4.69, 9.17) is 15.2 Å². The summed E-state index contributed by atoms with van der Waals surface area (Å²) in [6.07, 6.45) is 0.185. The molecule has 0 spiro atoms. The Hall–Kier alpha value is -0.160. The van der Waals surface area contributed by atoms with Gasteiger partial charge in [-0.15, -0.1) is 0 Å². The van der Waals surface area contributed by atoms with Crippen LogP contribution in [-0.4, -0.2) is 57.5 Å². The van der Waals surface area contributed by atoms with Gasteiger partial charge in [-0.05, 0) is 7.05 Å². The van der Waals surface area contributed by atoms with Crippen LogP contribution in [-0.2, 0) is 9.47 Å². The number of ether oxygens (including phenoxy) is 2. The lowest BCUT2D eigenvalue weighted by Gasteiger charge is -2.14. The number of nitrogens with two attached hydrogens (primary N) is 1. The van der Waals surface area contributed by atoms with Gasteiger partial charge in [0.15, 0.2) is 0 Å². The zero-order chi connectivity index (χ0) is 8.97. The molecule has 1 aliphatic heterocycles. The fourth-order valence-electron chi connectivity index (χ4n) is 1.45. The number of hydrogen-bond acceptors (Lipinski definition) is 4. The van der Waals surface area contributed by atoms with Crippen molar-refractivity contribution in [2.45, 2.75) is 12.1 Å². The molecule has 1 rings (SSSR count). The summed E-state index contributed by atoms with van der Waals surface area (Å²) in [6, 6.07) is 0.159. The van der Waals surface area contributed by atoms with Crippen LogP contribution in [0.1, 0.15) is 0 Å². The molecule has 2 N–H and O–H groups in total. The van der Waals surface area contributed by atoms with Crippen molar-refractivity contribution in [1.82, 2.24) is 4.90 Å². The van der Waals surface area contributed by atoms with Crippen LogP contribution in [0.2, 0.25) is 0 Å². The van der Waals surface area contributed by atoms with E-state index < -0.39 is 0 Å². The highest BCUT2D eigenvalue weighted by molar-refractivity contribution is 4.85. The maximum Gasteiger partial charge on any atom is 0.0866 e. The summed E-state index contributed by atoms with van der Waals surface area (Å²) in [5, 5.41) is 0. The zero-order valence-corrected chi connectivity index (χ0v) is 7.82. The lowest BCUT2D eigenvalue weighted by Crippen LogP contribution is -2.35. The summed E-state index contributed by atoms with van der Waals surface area (Å²) in [7, 11) is 3.73. The van der Waals surface area contributed by atoms with Crippen LogP contribution in [0.3, 0.4) is 0 Å². The van der Waals surface area contributed by atoms with E-state index >= 15 is 0 Å². The predicted octanol–water partition coefficient (Wildman–Crippen LogP) is -0.709. The summed E-state index contributed by atoms with van der Waals surface area (Å²) in [4.78, 5) is 2.18. The number of methoxy groups -OCH3 is 1. The first-order valence-corrected chi connectivity index (χ1v) is 4.28. The van der Waals surface area contributed by atoms with Crippen LogP contribution in [0.15, 0.2) is 0 Å². The zero-order valence-electron chi connectivity index (χ0n) is 7.82. The largest absolute Gasteiger partial charge is 0.382 e. The molecule has 0 aromatic rings. The van der Waals surface area contributed by atoms with E-state index in [2.05, 4.69) is 11.9 Å². The Morgan fingerprint density at radius 1 is 1.42 bits per heavy atom. The molecule has 12 heavy (non-hydrogen) atoms. The first-order valence-electron chi connectivity index (χ1n) is 4.28. The lowest BCUT2D eigenvalue weighted by atomic mass is 10.2. The van der Waals surface area contributed by atoms with Gasteiger partial charge in [0.25, 0.3) is 0 Å². The minimum atomic E-state index is 0.159. The molecule has 0 aromatic heterocycles. The second kappa shape index (κ2) is 4.77. The van der Waals surface area contributed by atoms with Crippen LogP contribution in [0.4, 0.5) is 0 Å². The average molecular weight is 174 g/mol. The molecule has 1 saturated heterocycles. The van der Waals surface area contributed by atoms with Gasteiger partial charge in [0, 0.05) is 26.2 Å². The van der Waals surface area contributed by atoms with E-state index in [1.165, 1.54) is 0 Å². The molecule has 0 aliphatic carbocycles. The summed E-state index contributed by atoms with van der Waals surface area (Å²) in [5.41, 5.74) is 5.84. The molecule has 0 saturated carbocycles. The van der Waals surface area contributed by atoms with E-state index in [9.17, 15) is 0 Å². The van der Waals surface area contributed by atoms with Gasteiger partial charge >= 0.3 is 0 Å². The molecule has 4 heteroatoms. The summed E-state index contributed by atoms with van der Waals surface area (Å²) >= 11 is 0. The Kier molecular flexibility index (Phi) is 3.94. The minimum Gasteiger partial charge on any atom is -0.382 e. The smallest absolute Gasteiger partial charge is 0.0866 e. The first kappa shape index (κ1) is 9.92. The van der Waals surface area contributed by atoms with E-state index in [1.54, 1.807) is 7.11 Å². The van der Waals surface area contributed by atoms with Gasteiger partial charge < -0.3 is 20.1 Å². The fourth-order valence-corrected chi connectivity index (χ4v) is 1.45. The second-order valence-corrected chi connectivity index (χ2v) is 3.29. The van der Waals surface area contributed by atoms with E-state index in [-0.39, 0.29) is 12.1 Å². The number of likely N-dealkylation sites (N-methyl/N-ethyl adjacent to an activating group) is 1. The minimum absolute atomic E-state index is 0.159. The third kappa shape index (κ3) is 2.71. The molecule has 2 unspecified atom stereocenters. The topological polar surface area (TPSA) is 47.7 Å². The van der Waals surface area contributed by atoms with Crippen molar-refractivity contribution < 1.29 is 9.47 Å². The van der Waals surface area contributed by atoms with Crippen molar-refractivity contribution in [2.24, 2.45) is 5.73 Å². The van der Waals surface area contributed by atoms with Crippen LogP contribution in [0.25, 0.3) is 0 Å². The highest BCUT2D eigenvalue weighted by Gasteiger charge is 2.28. The third-order valence-corrected chi connectivity index (χ3v) is 2.11. The Morgan fingerprint density at radius 3 is 2.67 bits per heavy atom.